The molecule has 0 saturated heterocycles. The van der Waals surface area contributed by atoms with E-state index in [-0.39, 0.29) is 5.69 Å². The highest BCUT2D eigenvalue weighted by atomic mass is 127. The first-order valence-electron chi connectivity index (χ1n) is 5.45. The molecular formula is C12H7IN2O6. The lowest BCUT2D eigenvalue weighted by Gasteiger charge is -2.09. The maximum Gasteiger partial charge on any atom is 0.353 e. The number of aromatic nitrogens is 2. The number of aromatic amines is 1. The number of carbonyl (C=O) groups is 2. The number of hydrogen-bond donors (Lipinski definition) is 3. The topological polar surface area (TPSA) is 129 Å². The van der Waals surface area contributed by atoms with Gasteiger partial charge in [0.15, 0.2) is 5.56 Å². The van der Waals surface area contributed by atoms with Crippen molar-refractivity contribution in [3.63, 3.8) is 0 Å². The van der Waals surface area contributed by atoms with E-state index in [9.17, 15) is 19.2 Å². The Morgan fingerprint density at radius 1 is 1.10 bits per heavy atom. The molecule has 3 N–H and O–H groups in total. The molecule has 8 nitrogen and oxygen atoms in total. The molecule has 0 unspecified atom stereocenters. The van der Waals surface area contributed by atoms with Crippen molar-refractivity contribution in [2.45, 2.75) is 0 Å². The summed E-state index contributed by atoms with van der Waals surface area (Å²) in [5.41, 5.74) is -4.00. The second kappa shape index (κ2) is 5.52. The number of halogens is 1. The molecule has 9 heteroatoms. The van der Waals surface area contributed by atoms with Gasteiger partial charge in [0.1, 0.15) is 5.69 Å². The van der Waals surface area contributed by atoms with Crippen molar-refractivity contribution in [3.8, 4) is 5.69 Å². The minimum atomic E-state index is -1.73. The van der Waals surface area contributed by atoms with Gasteiger partial charge in [-0.1, -0.05) is 12.1 Å². The fourth-order valence-electron chi connectivity index (χ4n) is 1.75. The Morgan fingerprint density at radius 3 is 2.24 bits per heavy atom. The van der Waals surface area contributed by atoms with Crippen molar-refractivity contribution in [3.05, 3.63) is 59.9 Å². The summed E-state index contributed by atoms with van der Waals surface area (Å²) in [7, 11) is 0. The third-order valence-electron chi connectivity index (χ3n) is 2.62. The van der Waals surface area contributed by atoms with Gasteiger partial charge in [-0.2, -0.15) is 0 Å². The fraction of sp³-hybridized carbons (Fsp3) is 0. The van der Waals surface area contributed by atoms with E-state index in [0.717, 1.165) is 0 Å². The lowest BCUT2D eigenvalue weighted by molar-refractivity contribution is 0.0643. The molecule has 0 amide bonds. The summed E-state index contributed by atoms with van der Waals surface area (Å²) >= 11 is 1.87. The average Bonchev–Trinajstić information content (AvgIpc) is 2.39. The van der Waals surface area contributed by atoms with Gasteiger partial charge in [0.2, 0.25) is 0 Å². The van der Waals surface area contributed by atoms with Crippen LogP contribution >= 0.6 is 22.6 Å². The predicted octanol–water partition coefficient (Wildman–Crippen LogP) is 0.527. The molecule has 0 fully saturated rings. The van der Waals surface area contributed by atoms with Gasteiger partial charge >= 0.3 is 17.6 Å². The highest BCUT2D eigenvalue weighted by molar-refractivity contribution is 14.1. The highest BCUT2D eigenvalue weighted by Crippen LogP contribution is 2.13. The summed E-state index contributed by atoms with van der Waals surface area (Å²) in [5, 5.41) is 17.9. The van der Waals surface area contributed by atoms with Gasteiger partial charge in [-0.15, -0.1) is 0 Å². The predicted molar refractivity (Wildman–Crippen MR) is 79.3 cm³/mol. The minimum absolute atomic E-state index is 0.170. The minimum Gasteiger partial charge on any atom is -0.477 e. The van der Waals surface area contributed by atoms with Crippen molar-refractivity contribution in [1.29, 1.82) is 0 Å². The zero-order chi connectivity index (χ0) is 15.7. The van der Waals surface area contributed by atoms with Crippen molar-refractivity contribution in [1.82, 2.24) is 9.55 Å². The molecule has 0 aliphatic heterocycles. The smallest absolute Gasteiger partial charge is 0.353 e. The number of hydrogen-bond acceptors (Lipinski definition) is 4. The first-order valence-corrected chi connectivity index (χ1v) is 6.53. The van der Waals surface area contributed by atoms with Gasteiger partial charge in [-0.25, -0.2) is 19.0 Å². The van der Waals surface area contributed by atoms with Gasteiger partial charge in [-0.05, 0) is 34.7 Å². The van der Waals surface area contributed by atoms with E-state index in [1.807, 2.05) is 27.6 Å². The second-order valence-electron chi connectivity index (χ2n) is 3.88. The monoisotopic (exact) mass is 402 g/mol. The summed E-state index contributed by atoms with van der Waals surface area (Å²) in [6.45, 7) is 0. The van der Waals surface area contributed by atoms with Crippen LogP contribution in [0.3, 0.4) is 0 Å². The van der Waals surface area contributed by atoms with Gasteiger partial charge in [0.25, 0.3) is 5.56 Å². The summed E-state index contributed by atoms with van der Waals surface area (Å²) in [6.07, 6.45) is 0. The maximum atomic E-state index is 12.2. The van der Waals surface area contributed by atoms with Gasteiger partial charge in [0.05, 0.1) is 5.69 Å². The van der Waals surface area contributed by atoms with Crippen molar-refractivity contribution in [2.75, 3.05) is 0 Å². The van der Waals surface area contributed by atoms with Crippen LogP contribution < -0.4 is 11.2 Å². The molecule has 1 aromatic heterocycles. The van der Waals surface area contributed by atoms with Crippen molar-refractivity contribution in [2.24, 2.45) is 0 Å². The van der Waals surface area contributed by atoms with Crippen LogP contribution in [0.4, 0.5) is 0 Å². The summed E-state index contributed by atoms with van der Waals surface area (Å²) in [4.78, 5) is 48.1. The van der Waals surface area contributed by atoms with Crippen LogP contribution in [-0.2, 0) is 0 Å². The van der Waals surface area contributed by atoms with Crippen LogP contribution in [-0.4, -0.2) is 31.7 Å². The number of aromatic carboxylic acids is 2. The van der Waals surface area contributed by atoms with E-state index < -0.39 is 34.4 Å². The van der Waals surface area contributed by atoms with Crippen molar-refractivity contribution >= 4 is 34.5 Å². The van der Waals surface area contributed by atoms with E-state index in [0.29, 0.717) is 8.14 Å². The lowest BCUT2D eigenvalue weighted by Crippen LogP contribution is -2.40. The van der Waals surface area contributed by atoms with Crippen LogP contribution in [0.5, 0.6) is 0 Å². The molecule has 0 aliphatic rings. The number of H-pyrrole nitrogens is 1. The zero-order valence-electron chi connectivity index (χ0n) is 10.2. The second-order valence-corrected chi connectivity index (χ2v) is 5.04. The SMILES string of the molecule is O=C(O)c1[nH]c(=O)n(-c2ccccc2I)c(=O)c1C(=O)O. The van der Waals surface area contributed by atoms with Crippen molar-refractivity contribution < 1.29 is 19.8 Å². The third-order valence-corrected chi connectivity index (χ3v) is 3.54. The third kappa shape index (κ3) is 2.59. The highest BCUT2D eigenvalue weighted by Gasteiger charge is 2.25. The van der Waals surface area contributed by atoms with E-state index >= 15 is 0 Å². The van der Waals surface area contributed by atoms with Crippen LogP contribution in [0, 0.1) is 3.57 Å². The Bertz CT molecular complexity index is 867. The molecule has 0 aliphatic carbocycles. The standard InChI is InChI=1S/C12H7IN2O6/c13-5-3-1-2-4-6(5)15-9(16)7(10(17)18)8(11(19)20)14-12(15)21/h1-4H,(H,14,21)(H,17,18)(H,19,20). The van der Waals surface area contributed by atoms with Gasteiger partial charge in [0, 0.05) is 3.57 Å². The molecule has 0 spiro atoms. The molecule has 0 radical (unpaired) electrons. The normalized spacial score (nSPS) is 10.3. The summed E-state index contributed by atoms with van der Waals surface area (Å²) < 4.78 is 1.12. The molecule has 1 aromatic carbocycles. The van der Waals surface area contributed by atoms with Gasteiger partial charge in [-0.3, -0.25) is 9.78 Å². The first kappa shape index (κ1) is 15.0. The van der Waals surface area contributed by atoms with Crippen LogP contribution in [0.15, 0.2) is 33.9 Å². The summed E-state index contributed by atoms with van der Waals surface area (Å²) in [5.74, 6) is -3.43. The fourth-order valence-corrected chi connectivity index (χ4v) is 2.38. The number of benzene rings is 1. The Labute approximate surface area is 129 Å². The largest absolute Gasteiger partial charge is 0.477 e. The van der Waals surface area contributed by atoms with Crippen LogP contribution in [0.25, 0.3) is 5.69 Å². The Kier molecular flexibility index (Phi) is 3.93. The van der Waals surface area contributed by atoms with Crippen LogP contribution in [0.2, 0.25) is 0 Å². The molecule has 21 heavy (non-hydrogen) atoms. The Hall–Kier alpha value is -2.43. The number of nitrogens with zero attached hydrogens (tertiary/aromatic N) is 1. The first-order chi connectivity index (χ1) is 9.84. The van der Waals surface area contributed by atoms with E-state index in [4.69, 9.17) is 10.2 Å². The molecule has 108 valence electrons. The number of rotatable bonds is 3. The molecular weight excluding hydrogens is 395 g/mol. The summed E-state index contributed by atoms with van der Waals surface area (Å²) in [6, 6.07) is 6.31. The van der Waals surface area contributed by atoms with E-state index in [2.05, 4.69) is 0 Å². The maximum absolute atomic E-state index is 12.2. The molecule has 0 bridgehead atoms. The van der Waals surface area contributed by atoms with Gasteiger partial charge < -0.3 is 10.2 Å². The molecule has 0 saturated carbocycles. The molecule has 2 rings (SSSR count). The Morgan fingerprint density at radius 2 is 1.71 bits per heavy atom. The average molecular weight is 402 g/mol. The van der Waals surface area contributed by atoms with E-state index in [1.54, 1.807) is 18.2 Å². The number of carboxylic acid groups (broad SMARTS) is 2. The lowest BCUT2D eigenvalue weighted by atomic mass is 10.2. The van der Waals surface area contributed by atoms with Crippen LogP contribution in [0.1, 0.15) is 20.8 Å². The number of nitrogens with one attached hydrogen (secondary N) is 1. The zero-order valence-corrected chi connectivity index (χ0v) is 12.3. The quantitative estimate of drug-likeness (QED) is 0.643. The molecule has 2 aromatic rings. The number of carboxylic acids is 2. The molecule has 1 heterocycles. The number of para-hydroxylation sites is 1. The van der Waals surface area contributed by atoms with E-state index in [1.165, 1.54) is 6.07 Å². The molecule has 0 atom stereocenters. The Balaban J connectivity index is 2.95.